The van der Waals surface area contributed by atoms with Gasteiger partial charge < -0.3 is 29.2 Å². The molecule has 0 bridgehead atoms. The van der Waals surface area contributed by atoms with Crippen LogP contribution in [0, 0.1) is 0 Å². The molecule has 200 valence electrons. The number of anilines is 1. The monoisotopic (exact) mass is 539 g/mol. The zero-order valence-electron chi connectivity index (χ0n) is 21.2. The first-order valence-corrected chi connectivity index (χ1v) is 13.4. The molecular formula is C27H29N3O7S. The van der Waals surface area contributed by atoms with E-state index < -0.39 is 5.97 Å². The van der Waals surface area contributed by atoms with Gasteiger partial charge in [0, 0.05) is 25.3 Å². The summed E-state index contributed by atoms with van der Waals surface area (Å²) in [5.74, 6) is 0.291. The number of esters is 1. The van der Waals surface area contributed by atoms with Crippen molar-refractivity contribution < 1.29 is 33.3 Å². The summed E-state index contributed by atoms with van der Waals surface area (Å²) in [4.78, 5) is 43.5. The lowest BCUT2D eigenvalue weighted by molar-refractivity contribution is -0.131. The molecule has 0 radical (unpaired) electrons. The predicted octanol–water partition coefficient (Wildman–Crippen LogP) is 3.95. The fraction of sp³-hybridized carbons (Fsp3) is 0.407. The minimum atomic E-state index is -0.405. The van der Waals surface area contributed by atoms with Crippen LogP contribution in [0.4, 0.5) is 5.13 Å². The normalized spacial score (nSPS) is 19.1. The van der Waals surface area contributed by atoms with Gasteiger partial charge in [-0.15, -0.1) is 0 Å². The molecule has 1 aromatic heterocycles. The number of rotatable bonds is 9. The fourth-order valence-corrected chi connectivity index (χ4v) is 5.54. The van der Waals surface area contributed by atoms with E-state index in [0.717, 1.165) is 23.1 Å². The minimum Gasteiger partial charge on any atom is -0.493 e. The van der Waals surface area contributed by atoms with Gasteiger partial charge in [-0.2, -0.15) is 0 Å². The van der Waals surface area contributed by atoms with Crippen LogP contribution in [0.5, 0.6) is 11.5 Å². The number of fused-ring (bicyclic) bond motifs is 1. The zero-order valence-corrected chi connectivity index (χ0v) is 22.0. The SMILES string of the molecule is CCOC(=O)c1ccc2nc(NC(=O)CN3C[C@H](c4ccc(OC)c(OC5CCCO5)c4)CC3=O)sc2c1. The second-order valence-corrected chi connectivity index (χ2v) is 10.1. The number of aromatic nitrogens is 1. The summed E-state index contributed by atoms with van der Waals surface area (Å²) < 4.78 is 22.8. The first-order chi connectivity index (χ1) is 18.4. The maximum absolute atomic E-state index is 12.8. The number of ether oxygens (including phenoxy) is 4. The number of nitrogens with zero attached hydrogens (tertiary/aromatic N) is 2. The molecule has 3 aromatic rings. The van der Waals surface area contributed by atoms with Gasteiger partial charge in [0.25, 0.3) is 0 Å². The largest absolute Gasteiger partial charge is 0.493 e. The lowest BCUT2D eigenvalue weighted by Crippen LogP contribution is -2.34. The minimum absolute atomic E-state index is 0.0724. The van der Waals surface area contributed by atoms with E-state index in [1.165, 1.54) is 11.3 Å². The van der Waals surface area contributed by atoms with Crippen molar-refractivity contribution in [1.29, 1.82) is 0 Å². The van der Waals surface area contributed by atoms with E-state index in [4.69, 9.17) is 18.9 Å². The van der Waals surface area contributed by atoms with Crippen LogP contribution < -0.4 is 14.8 Å². The number of carbonyl (C=O) groups excluding carboxylic acids is 3. The fourth-order valence-electron chi connectivity index (χ4n) is 4.62. The highest BCUT2D eigenvalue weighted by Crippen LogP contribution is 2.36. The van der Waals surface area contributed by atoms with Crippen LogP contribution in [0.3, 0.4) is 0 Å². The number of amides is 2. The smallest absolute Gasteiger partial charge is 0.338 e. The highest BCUT2D eigenvalue weighted by Gasteiger charge is 2.32. The number of methoxy groups -OCH3 is 1. The van der Waals surface area contributed by atoms with Crippen LogP contribution in [0.1, 0.15) is 48.0 Å². The Labute approximate surface area is 223 Å². The van der Waals surface area contributed by atoms with Gasteiger partial charge in [0.05, 0.1) is 42.6 Å². The third kappa shape index (κ3) is 5.73. The van der Waals surface area contributed by atoms with Gasteiger partial charge in [0.1, 0.15) is 0 Å². The Morgan fingerprint density at radius 2 is 2.08 bits per heavy atom. The van der Waals surface area contributed by atoms with Crippen molar-refractivity contribution in [3.8, 4) is 11.5 Å². The van der Waals surface area contributed by atoms with Gasteiger partial charge in [0.15, 0.2) is 22.9 Å². The predicted molar refractivity (Wildman–Crippen MR) is 141 cm³/mol. The maximum atomic E-state index is 12.8. The van der Waals surface area contributed by atoms with Gasteiger partial charge in [-0.25, -0.2) is 9.78 Å². The number of carbonyl (C=O) groups is 3. The zero-order chi connectivity index (χ0) is 26.6. The number of hydrogen-bond donors (Lipinski definition) is 1. The van der Waals surface area contributed by atoms with Crippen molar-refractivity contribution in [3.05, 3.63) is 47.5 Å². The molecule has 1 unspecified atom stereocenters. The van der Waals surface area contributed by atoms with Crippen molar-refractivity contribution in [3.63, 3.8) is 0 Å². The van der Waals surface area contributed by atoms with Crippen molar-refractivity contribution in [2.45, 2.75) is 38.4 Å². The molecular weight excluding hydrogens is 510 g/mol. The average molecular weight is 540 g/mol. The van der Waals surface area contributed by atoms with E-state index >= 15 is 0 Å². The molecule has 2 aliphatic heterocycles. The molecule has 0 saturated carbocycles. The van der Waals surface area contributed by atoms with Crippen molar-refractivity contribution in [2.75, 3.05) is 38.7 Å². The Balaban J connectivity index is 1.21. The molecule has 0 spiro atoms. The third-order valence-corrected chi connectivity index (χ3v) is 7.43. The van der Waals surface area contributed by atoms with Gasteiger partial charge in [-0.1, -0.05) is 17.4 Å². The van der Waals surface area contributed by atoms with Crippen LogP contribution in [-0.2, 0) is 19.1 Å². The molecule has 2 amide bonds. The van der Waals surface area contributed by atoms with E-state index in [1.807, 2.05) is 18.2 Å². The Kier molecular flexibility index (Phi) is 7.75. The number of hydrogen-bond acceptors (Lipinski definition) is 9. The van der Waals surface area contributed by atoms with Gasteiger partial charge in [-0.3, -0.25) is 9.59 Å². The molecule has 10 nitrogen and oxygen atoms in total. The molecule has 2 saturated heterocycles. The van der Waals surface area contributed by atoms with E-state index in [9.17, 15) is 14.4 Å². The van der Waals surface area contributed by atoms with Crippen molar-refractivity contribution >= 4 is 44.5 Å². The highest BCUT2D eigenvalue weighted by atomic mass is 32.1. The first kappa shape index (κ1) is 25.9. The van der Waals surface area contributed by atoms with Crippen molar-refractivity contribution in [2.24, 2.45) is 0 Å². The number of benzene rings is 2. The number of thiazole rings is 1. The molecule has 5 rings (SSSR count). The molecule has 3 heterocycles. The molecule has 38 heavy (non-hydrogen) atoms. The molecule has 2 atom stereocenters. The average Bonchev–Trinajstić information content (AvgIpc) is 3.64. The molecule has 0 aliphatic carbocycles. The van der Waals surface area contributed by atoms with E-state index in [2.05, 4.69) is 10.3 Å². The molecule has 2 fully saturated rings. The molecule has 2 aromatic carbocycles. The summed E-state index contributed by atoms with van der Waals surface area (Å²) in [6.07, 6.45) is 1.77. The van der Waals surface area contributed by atoms with Crippen LogP contribution in [0.25, 0.3) is 10.2 Å². The lowest BCUT2D eigenvalue weighted by Gasteiger charge is -2.19. The Morgan fingerprint density at radius 1 is 1.21 bits per heavy atom. The molecule has 11 heteroatoms. The topological polar surface area (TPSA) is 116 Å². The quantitative estimate of drug-likeness (QED) is 0.407. The number of nitrogens with one attached hydrogen (secondary N) is 1. The standard InChI is InChI=1S/C27H29N3O7S/c1-3-35-26(33)17-6-8-19-22(12-17)38-27(28-19)29-23(31)15-30-14-18(13-24(30)32)16-7-9-20(34-2)21(11-16)37-25-5-4-10-36-25/h6-9,11-12,18,25H,3-5,10,13-15H2,1-2H3,(H,28,29,31)/t18-,25?/m1/s1. The van der Waals surface area contributed by atoms with E-state index in [-0.39, 0.29) is 30.6 Å². The molecule has 1 N–H and O–H groups in total. The van der Waals surface area contributed by atoms with E-state index in [0.29, 0.717) is 53.9 Å². The van der Waals surface area contributed by atoms with Crippen LogP contribution in [0.2, 0.25) is 0 Å². The summed E-state index contributed by atoms with van der Waals surface area (Å²) in [5, 5.41) is 3.18. The second-order valence-electron chi connectivity index (χ2n) is 9.12. The maximum Gasteiger partial charge on any atom is 0.338 e. The van der Waals surface area contributed by atoms with Gasteiger partial charge in [-0.05, 0) is 49.2 Å². The van der Waals surface area contributed by atoms with E-state index in [1.54, 1.807) is 37.1 Å². The van der Waals surface area contributed by atoms with Crippen LogP contribution >= 0.6 is 11.3 Å². The highest BCUT2D eigenvalue weighted by molar-refractivity contribution is 7.22. The third-order valence-electron chi connectivity index (χ3n) is 6.50. The van der Waals surface area contributed by atoms with Crippen LogP contribution in [-0.4, -0.2) is 67.4 Å². The molecule has 2 aliphatic rings. The van der Waals surface area contributed by atoms with Gasteiger partial charge in [0.2, 0.25) is 11.8 Å². The summed E-state index contributed by atoms with van der Waals surface area (Å²) in [5.41, 5.74) is 2.03. The van der Waals surface area contributed by atoms with Gasteiger partial charge >= 0.3 is 5.97 Å². The Morgan fingerprint density at radius 3 is 2.84 bits per heavy atom. The van der Waals surface area contributed by atoms with Crippen LogP contribution in [0.15, 0.2) is 36.4 Å². The summed E-state index contributed by atoms with van der Waals surface area (Å²) >= 11 is 1.26. The first-order valence-electron chi connectivity index (χ1n) is 12.5. The summed E-state index contributed by atoms with van der Waals surface area (Å²) in [6.45, 7) is 3.06. The lowest BCUT2D eigenvalue weighted by atomic mass is 9.98. The number of likely N-dealkylation sites (tertiary alicyclic amines) is 1. The summed E-state index contributed by atoms with van der Waals surface area (Å²) in [6, 6.07) is 10.7. The Hall–Kier alpha value is -3.70. The Bertz CT molecular complexity index is 1350. The summed E-state index contributed by atoms with van der Waals surface area (Å²) in [7, 11) is 1.58. The van der Waals surface area contributed by atoms with Crippen molar-refractivity contribution in [1.82, 2.24) is 9.88 Å². The second kappa shape index (κ2) is 11.4.